The summed E-state index contributed by atoms with van der Waals surface area (Å²) < 4.78 is 12.8. The predicted molar refractivity (Wildman–Crippen MR) is 47.7 cm³/mol. The van der Waals surface area contributed by atoms with Crippen molar-refractivity contribution >= 4 is 34.2 Å². The molecule has 0 aliphatic rings. The van der Waals surface area contributed by atoms with E-state index in [4.69, 9.17) is 5.73 Å². The number of hydrogen-bond donors (Lipinski definition) is 1. The monoisotopic (exact) mass is 254 g/mol. The normalized spacial score (nSPS) is 8.83. The summed E-state index contributed by atoms with van der Waals surface area (Å²) in [6, 6.07) is 2.12. The highest BCUT2D eigenvalue weighted by Crippen LogP contribution is 2.09. The van der Waals surface area contributed by atoms with E-state index in [0.29, 0.717) is 0 Å². The molecule has 12 heavy (non-hydrogen) atoms. The Morgan fingerprint density at radius 1 is 1.58 bits per heavy atom. The Bertz CT molecular complexity index is 287. The van der Waals surface area contributed by atoms with Crippen LogP contribution in [0, 0.1) is 5.82 Å². The van der Waals surface area contributed by atoms with Crippen LogP contribution >= 0.6 is 28.3 Å². The molecule has 0 atom stereocenters. The smallest absolute Gasteiger partial charge is 0.267 e. The van der Waals surface area contributed by atoms with Gasteiger partial charge in [0.1, 0.15) is 16.1 Å². The second-order valence-electron chi connectivity index (χ2n) is 1.86. The first kappa shape index (κ1) is 11.3. The maximum absolute atomic E-state index is 12.5. The number of pyridine rings is 1. The molecule has 3 nitrogen and oxygen atoms in total. The number of halogens is 3. The van der Waals surface area contributed by atoms with Gasteiger partial charge in [-0.1, -0.05) is 0 Å². The first-order valence-corrected chi connectivity index (χ1v) is 3.52. The third-order valence-corrected chi connectivity index (χ3v) is 1.42. The Morgan fingerprint density at radius 2 is 2.17 bits per heavy atom. The van der Waals surface area contributed by atoms with Gasteiger partial charge in [0, 0.05) is 12.1 Å². The lowest BCUT2D eigenvalue weighted by atomic mass is 10.3. The van der Waals surface area contributed by atoms with Gasteiger partial charge < -0.3 is 5.73 Å². The van der Waals surface area contributed by atoms with Crippen LogP contribution in [0.25, 0.3) is 0 Å². The Labute approximate surface area is 82.7 Å². The summed E-state index contributed by atoms with van der Waals surface area (Å²) in [6.07, 6.45) is 0. The van der Waals surface area contributed by atoms with E-state index in [0.717, 1.165) is 12.1 Å². The van der Waals surface area contributed by atoms with E-state index in [9.17, 15) is 9.18 Å². The molecule has 0 aliphatic heterocycles. The van der Waals surface area contributed by atoms with Crippen molar-refractivity contribution in [3.8, 4) is 0 Å². The molecule has 0 radical (unpaired) electrons. The highest BCUT2D eigenvalue weighted by Gasteiger charge is 2.04. The lowest BCUT2D eigenvalue weighted by Crippen LogP contribution is -2.13. The Kier molecular flexibility index (Phi) is 4.12. The molecule has 0 aliphatic carbocycles. The van der Waals surface area contributed by atoms with Crippen molar-refractivity contribution in [3.63, 3.8) is 0 Å². The van der Waals surface area contributed by atoms with Crippen LogP contribution in [0.4, 0.5) is 4.39 Å². The molecule has 0 spiro atoms. The van der Waals surface area contributed by atoms with Crippen molar-refractivity contribution < 1.29 is 9.18 Å². The van der Waals surface area contributed by atoms with Crippen LogP contribution in [0.1, 0.15) is 10.5 Å². The minimum absolute atomic E-state index is 0. The zero-order valence-corrected chi connectivity index (χ0v) is 8.15. The van der Waals surface area contributed by atoms with Gasteiger partial charge in [-0.2, -0.15) is 0 Å². The number of carbonyl (C=O) groups is 1. The molecule has 1 heterocycles. The Morgan fingerprint density at radius 3 is 2.58 bits per heavy atom. The molecule has 6 heteroatoms. The van der Waals surface area contributed by atoms with E-state index in [1.165, 1.54) is 0 Å². The SMILES string of the molecule is Cl.NC(=O)c1cc(F)cc(Br)n1. The summed E-state index contributed by atoms with van der Waals surface area (Å²) in [6.45, 7) is 0. The first-order valence-electron chi connectivity index (χ1n) is 2.72. The molecule has 66 valence electrons. The number of rotatable bonds is 1. The van der Waals surface area contributed by atoms with E-state index in [1.54, 1.807) is 0 Å². The molecular formula is C6H5BrClFN2O. The summed E-state index contributed by atoms with van der Waals surface area (Å²) in [5.41, 5.74) is 4.78. The number of carbonyl (C=O) groups excluding carboxylic acids is 1. The lowest BCUT2D eigenvalue weighted by Gasteiger charge is -1.95. The van der Waals surface area contributed by atoms with Crippen LogP contribution < -0.4 is 5.73 Å². The number of amides is 1. The Hall–Kier alpha value is -0.680. The molecule has 0 saturated heterocycles. The Balaban J connectivity index is 0.00000121. The van der Waals surface area contributed by atoms with E-state index in [2.05, 4.69) is 20.9 Å². The fraction of sp³-hybridized carbons (Fsp3) is 0. The second-order valence-corrected chi connectivity index (χ2v) is 2.67. The van der Waals surface area contributed by atoms with Gasteiger partial charge >= 0.3 is 0 Å². The average molecular weight is 255 g/mol. The topological polar surface area (TPSA) is 56.0 Å². The van der Waals surface area contributed by atoms with Gasteiger partial charge in [0.2, 0.25) is 0 Å². The first-order chi connectivity index (χ1) is 5.09. The number of hydrogen-bond acceptors (Lipinski definition) is 2. The van der Waals surface area contributed by atoms with Gasteiger partial charge in [-0.25, -0.2) is 9.37 Å². The van der Waals surface area contributed by atoms with E-state index >= 15 is 0 Å². The van der Waals surface area contributed by atoms with Gasteiger partial charge in [-0.15, -0.1) is 12.4 Å². The fourth-order valence-corrected chi connectivity index (χ4v) is 1.00. The van der Waals surface area contributed by atoms with Crippen LogP contribution in [0.3, 0.4) is 0 Å². The molecule has 0 aromatic carbocycles. The molecular weight excluding hydrogens is 250 g/mol. The van der Waals surface area contributed by atoms with Crippen LogP contribution in [0.5, 0.6) is 0 Å². The van der Waals surface area contributed by atoms with Crippen molar-refractivity contribution in [1.82, 2.24) is 4.98 Å². The van der Waals surface area contributed by atoms with Gasteiger partial charge in [0.05, 0.1) is 0 Å². The zero-order valence-electron chi connectivity index (χ0n) is 5.75. The maximum Gasteiger partial charge on any atom is 0.267 e. The van der Waals surface area contributed by atoms with Crippen molar-refractivity contribution in [2.24, 2.45) is 5.73 Å². The molecule has 0 saturated carbocycles. The molecule has 1 aromatic rings. The number of primary amides is 1. The van der Waals surface area contributed by atoms with Crippen LogP contribution in [-0.2, 0) is 0 Å². The fourth-order valence-electron chi connectivity index (χ4n) is 0.592. The van der Waals surface area contributed by atoms with Crippen LogP contribution in [0.15, 0.2) is 16.7 Å². The van der Waals surface area contributed by atoms with Crippen LogP contribution in [-0.4, -0.2) is 10.9 Å². The number of nitrogens with two attached hydrogens (primary N) is 1. The molecule has 1 rings (SSSR count). The molecule has 0 unspecified atom stereocenters. The second kappa shape index (κ2) is 4.37. The van der Waals surface area contributed by atoms with Gasteiger partial charge in [0.15, 0.2) is 0 Å². The number of nitrogens with zero attached hydrogens (tertiary/aromatic N) is 1. The predicted octanol–water partition coefficient (Wildman–Crippen LogP) is 1.50. The van der Waals surface area contributed by atoms with Crippen molar-refractivity contribution in [1.29, 1.82) is 0 Å². The molecule has 0 fully saturated rings. The summed E-state index contributed by atoms with van der Waals surface area (Å²) in [5, 5.41) is 0. The minimum atomic E-state index is -0.745. The molecule has 2 N–H and O–H groups in total. The summed E-state index contributed by atoms with van der Waals surface area (Å²) >= 11 is 2.92. The molecule has 0 bridgehead atoms. The standard InChI is InChI=1S/C6H4BrFN2O.ClH/c7-5-2-3(8)1-4(10-5)6(9)11;/h1-2H,(H2,9,11);1H. The minimum Gasteiger partial charge on any atom is -0.364 e. The van der Waals surface area contributed by atoms with E-state index in [1.807, 2.05) is 0 Å². The summed E-state index contributed by atoms with van der Waals surface area (Å²) in [4.78, 5) is 14.1. The van der Waals surface area contributed by atoms with Crippen molar-refractivity contribution in [2.75, 3.05) is 0 Å². The highest BCUT2D eigenvalue weighted by molar-refractivity contribution is 9.10. The van der Waals surface area contributed by atoms with Gasteiger partial charge in [-0.3, -0.25) is 4.79 Å². The maximum atomic E-state index is 12.5. The highest BCUT2D eigenvalue weighted by atomic mass is 79.9. The third-order valence-electron chi connectivity index (χ3n) is 1.01. The lowest BCUT2D eigenvalue weighted by molar-refractivity contribution is 0.0995. The van der Waals surface area contributed by atoms with E-state index < -0.39 is 11.7 Å². The summed E-state index contributed by atoms with van der Waals surface area (Å²) in [7, 11) is 0. The van der Waals surface area contributed by atoms with Crippen molar-refractivity contribution in [3.05, 3.63) is 28.2 Å². The van der Waals surface area contributed by atoms with Gasteiger partial charge in [-0.05, 0) is 15.9 Å². The average Bonchev–Trinajstić information content (AvgIpc) is 1.85. The van der Waals surface area contributed by atoms with E-state index in [-0.39, 0.29) is 22.7 Å². The molecule has 1 amide bonds. The van der Waals surface area contributed by atoms with Gasteiger partial charge in [0.25, 0.3) is 5.91 Å². The molecule has 1 aromatic heterocycles. The number of aromatic nitrogens is 1. The summed E-state index contributed by atoms with van der Waals surface area (Å²) in [5.74, 6) is -1.29. The largest absolute Gasteiger partial charge is 0.364 e. The van der Waals surface area contributed by atoms with Crippen LogP contribution in [0.2, 0.25) is 0 Å². The third kappa shape index (κ3) is 2.75. The zero-order chi connectivity index (χ0) is 8.43. The van der Waals surface area contributed by atoms with Crippen molar-refractivity contribution in [2.45, 2.75) is 0 Å². The quantitative estimate of drug-likeness (QED) is 0.773.